The molecule has 0 aliphatic heterocycles. The number of ether oxygens (including phenoxy) is 2. The molecule has 0 bridgehead atoms. The Balaban J connectivity index is 2.45. The van der Waals surface area contributed by atoms with Gasteiger partial charge in [0.25, 0.3) is 0 Å². The molecule has 0 heterocycles. The highest BCUT2D eigenvalue weighted by Gasteiger charge is 2.05. The summed E-state index contributed by atoms with van der Waals surface area (Å²) in [6.07, 6.45) is 4.37. The van der Waals surface area contributed by atoms with Crippen molar-refractivity contribution in [3.8, 4) is 5.75 Å². The minimum absolute atomic E-state index is 0.442. The highest BCUT2D eigenvalue weighted by molar-refractivity contribution is 5.85. The van der Waals surface area contributed by atoms with Crippen molar-refractivity contribution in [1.29, 1.82) is 0 Å². The molecule has 5 nitrogen and oxygen atoms in total. The highest BCUT2D eigenvalue weighted by atomic mass is 16.8. The molecule has 0 saturated heterocycles. The SMILES string of the molecule is CCCCOC(O)Oc1ccc(/C=C/C(=O)O)cc1. The summed E-state index contributed by atoms with van der Waals surface area (Å²) in [5.74, 6) is -0.545. The molecule has 0 aliphatic rings. The zero-order chi connectivity index (χ0) is 14.1. The molecule has 19 heavy (non-hydrogen) atoms. The van der Waals surface area contributed by atoms with Crippen LogP contribution in [0.3, 0.4) is 0 Å². The third-order valence-corrected chi connectivity index (χ3v) is 2.29. The molecule has 2 N–H and O–H groups in total. The Morgan fingerprint density at radius 1 is 1.37 bits per heavy atom. The number of unbranched alkanes of at least 4 members (excludes halogenated alkanes) is 1. The molecule has 1 aromatic carbocycles. The predicted molar refractivity (Wildman–Crippen MR) is 70.6 cm³/mol. The number of aliphatic hydroxyl groups excluding tert-OH is 1. The van der Waals surface area contributed by atoms with Crippen LogP contribution in [0.5, 0.6) is 5.75 Å². The summed E-state index contributed by atoms with van der Waals surface area (Å²) < 4.78 is 10.2. The first-order chi connectivity index (χ1) is 9.11. The summed E-state index contributed by atoms with van der Waals surface area (Å²) in [5, 5.41) is 17.9. The number of benzene rings is 1. The molecule has 0 saturated carbocycles. The number of aliphatic carboxylic acids is 1. The zero-order valence-electron chi connectivity index (χ0n) is 10.8. The first kappa shape index (κ1) is 15.2. The normalized spacial score (nSPS) is 12.5. The second kappa shape index (κ2) is 8.29. The summed E-state index contributed by atoms with van der Waals surface area (Å²) in [6, 6.07) is 6.64. The van der Waals surface area contributed by atoms with Gasteiger partial charge in [0.1, 0.15) is 5.75 Å². The molecular weight excluding hydrogens is 248 g/mol. The van der Waals surface area contributed by atoms with Crippen molar-refractivity contribution >= 4 is 12.0 Å². The molecule has 1 aromatic rings. The Bertz CT molecular complexity index is 410. The maximum absolute atomic E-state index is 10.3. The standard InChI is InChI=1S/C14H18O5/c1-2-3-10-18-14(17)19-12-7-4-11(5-8-12)6-9-13(15)16/h4-9,14,17H,2-3,10H2,1H3,(H,15,16)/b9-6+. The Labute approximate surface area is 112 Å². The van der Waals surface area contributed by atoms with Gasteiger partial charge in [-0.15, -0.1) is 0 Å². The summed E-state index contributed by atoms with van der Waals surface area (Å²) >= 11 is 0. The molecule has 0 amide bonds. The van der Waals surface area contributed by atoms with Gasteiger partial charge in [-0.3, -0.25) is 0 Å². The molecule has 1 unspecified atom stereocenters. The van der Waals surface area contributed by atoms with Crippen LogP contribution in [0, 0.1) is 0 Å². The molecule has 0 aromatic heterocycles. The van der Waals surface area contributed by atoms with Crippen LogP contribution < -0.4 is 4.74 Å². The second-order valence-corrected chi connectivity index (χ2v) is 3.89. The first-order valence-electron chi connectivity index (χ1n) is 6.09. The fraction of sp³-hybridized carbons (Fsp3) is 0.357. The molecule has 1 atom stereocenters. The fourth-order valence-corrected chi connectivity index (χ4v) is 1.30. The molecular formula is C14H18O5. The van der Waals surface area contributed by atoms with Gasteiger partial charge in [-0.2, -0.15) is 0 Å². The molecule has 0 fully saturated rings. The van der Waals surface area contributed by atoms with Crippen LogP contribution >= 0.6 is 0 Å². The third kappa shape index (κ3) is 6.59. The molecule has 5 heteroatoms. The zero-order valence-corrected chi connectivity index (χ0v) is 10.8. The summed E-state index contributed by atoms with van der Waals surface area (Å²) in [4.78, 5) is 10.3. The lowest BCUT2D eigenvalue weighted by molar-refractivity contribution is -0.216. The van der Waals surface area contributed by atoms with Gasteiger partial charge < -0.3 is 19.7 Å². The van der Waals surface area contributed by atoms with Gasteiger partial charge in [-0.1, -0.05) is 25.5 Å². The lowest BCUT2D eigenvalue weighted by Gasteiger charge is -2.13. The Kier molecular flexibility index (Phi) is 6.63. The Morgan fingerprint density at radius 3 is 2.63 bits per heavy atom. The van der Waals surface area contributed by atoms with Gasteiger partial charge in [-0.25, -0.2) is 4.79 Å². The number of hydrogen-bond donors (Lipinski definition) is 2. The average molecular weight is 266 g/mol. The molecule has 104 valence electrons. The van der Waals surface area contributed by atoms with E-state index in [4.69, 9.17) is 14.6 Å². The fourth-order valence-electron chi connectivity index (χ4n) is 1.30. The van der Waals surface area contributed by atoms with E-state index in [1.54, 1.807) is 24.3 Å². The Morgan fingerprint density at radius 2 is 2.05 bits per heavy atom. The van der Waals surface area contributed by atoms with Gasteiger partial charge >= 0.3 is 12.4 Å². The van der Waals surface area contributed by atoms with Gasteiger partial charge in [0.15, 0.2) is 0 Å². The topological polar surface area (TPSA) is 76.0 Å². The molecule has 0 spiro atoms. The van der Waals surface area contributed by atoms with Crippen molar-refractivity contribution in [2.24, 2.45) is 0 Å². The van der Waals surface area contributed by atoms with E-state index in [1.165, 1.54) is 6.08 Å². The van der Waals surface area contributed by atoms with Gasteiger partial charge in [0.05, 0.1) is 6.61 Å². The van der Waals surface area contributed by atoms with Crippen LogP contribution in [-0.2, 0) is 9.53 Å². The maximum Gasteiger partial charge on any atom is 0.328 e. The number of carboxylic acid groups (broad SMARTS) is 1. The average Bonchev–Trinajstić information content (AvgIpc) is 2.38. The van der Waals surface area contributed by atoms with E-state index in [-0.39, 0.29) is 0 Å². The number of hydrogen-bond acceptors (Lipinski definition) is 4. The Hall–Kier alpha value is -1.85. The molecule has 1 rings (SSSR count). The van der Waals surface area contributed by atoms with Crippen LogP contribution in [0.2, 0.25) is 0 Å². The number of carbonyl (C=O) groups is 1. The van der Waals surface area contributed by atoms with Crippen molar-refractivity contribution in [1.82, 2.24) is 0 Å². The first-order valence-corrected chi connectivity index (χ1v) is 6.09. The van der Waals surface area contributed by atoms with Crippen LogP contribution in [0.1, 0.15) is 25.3 Å². The van der Waals surface area contributed by atoms with Crippen LogP contribution in [0.15, 0.2) is 30.3 Å². The number of rotatable bonds is 8. The van der Waals surface area contributed by atoms with Crippen molar-refractivity contribution in [3.05, 3.63) is 35.9 Å². The lowest BCUT2D eigenvalue weighted by atomic mass is 10.2. The molecule has 0 aliphatic carbocycles. The van der Waals surface area contributed by atoms with Gasteiger partial charge in [0.2, 0.25) is 0 Å². The monoisotopic (exact) mass is 266 g/mol. The highest BCUT2D eigenvalue weighted by Crippen LogP contribution is 2.14. The lowest BCUT2D eigenvalue weighted by Crippen LogP contribution is -2.20. The summed E-state index contributed by atoms with van der Waals surface area (Å²) in [7, 11) is 0. The van der Waals surface area contributed by atoms with E-state index in [0.717, 1.165) is 24.5 Å². The molecule has 0 radical (unpaired) electrons. The van der Waals surface area contributed by atoms with Crippen molar-refractivity contribution in [2.45, 2.75) is 26.2 Å². The van der Waals surface area contributed by atoms with Crippen LogP contribution in [-0.4, -0.2) is 29.3 Å². The van der Waals surface area contributed by atoms with Gasteiger partial charge in [-0.05, 0) is 30.2 Å². The maximum atomic E-state index is 10.3. The van der Waals surface area contributed by atoms with Crippen LogP contribution in [0.4, 0.5) is 0 Å². The number of aliphatic hydroxyl groups is 1. The number of carboxylic acids is 1. The van der Waals surface area contributed by atoms with E-state index in [9.17, 15) is 9.90 Å². The second-order valence-electron chi connectivity index (χ2n) is 3.89. The van der Waals surface area contributed by atoms with E-state index >= 15 is 0 Å². The van der Waals surface area contributed by atoms with Gasteiger partial charge in [0, 0.05) is 6.08 Å². The quantitative estimate of drug-likeness (QED) is 0.429. The van der Waals surface area contributed by atoms with Crippen molar-refractivity contribution in [2.75, 3.05) is 6.61 Å². The van der Waals surface area contributed by atoms with E-state index in [0.29, 0.717) is 12.4 Å². The van der Waals surface area contributed by atoms with Crippen molar-refractivity contribution in [3.63, 3.8) is 0 Å². The van der Waals surface area contributed by atoms with E-state index < -0.39 is 12.4 Å². The van der Waals surface area contributed by atoms with Crippen molar-refractivity contribution < 1.29 is 24.5 Å². The van der Waals surface area contributed by atoms with Crippen LogP contribution in [0.25, 0.3) is 6.08 Å². The van der Waals surface area contributed by atoms with E-state index in [2.05, 4.69) is 0 Å². The summed E-state index contributed by atoms with van der Waals surface area (Å²) in [5.41, 5.74) is 0.733. The third-order valence-electron chi connectivity index (χ3n) is 2.29. The largest absolute Gasteiger partial charge is 0.478 e. The predicted octanol–water partition coefficient (Wildman–Crippen LogP) is 2.26. The minimum atomic E-state index is -1.29. The van der Waals surface area contributed by atoms with E-state index in [1.807, 2.05) is 6.92 Å². The summed E-state index contributed by atoms with van der Waals surface area (Å²) in [6.45, 7) is 1.18. The minimum Gasteiger partial charge on any atom is -0.478 e. The smallest absolute Gasteiger partial charge is 0.328 e.